The lowest BCUT2D eigenvalue weighted by atomic mass is 10.1. The van der Waals surface area contributed by atoms with Gasteiger partial charge in [-0.2, -0.15) is 0 Å². The number of amides is 1. The van der Waals surface area contributed by atoms with Crippen LogP contribution in [-0.4, -0.2) is 15.5 Å². The summed E-state index contributed by atoms with van der Waals surface area (Å²) < 4.78 is 1.92. The Morgan fingerprint density at radius 2 is 1.84 bits per heavy atom. The van der Waals surface area contributed by atoms with Crippen LogP contribution in [0.25, 0.3) is 6.08 Å². The molecule has 126 valence electrons. The highest BCUT2D eigenvalue weighted by atomic mass is 16.1. The highest BCUT2D eigenvalue weighted by Gasteiger charge is 2.19. The molecule has 0 radical (unpaired) electrons. The van der Waals surface area contributed by atoms with E-state index >= 15 is 0 Å². The third-order valence-electron chi connectivity index (χ3n) is 4.14. The quantitative estimate of drug-likeness (QED) is 0.726. The number of rotatable bonds is 5. The van der Waals surface area contributed by atoms with Gasteiger partial charge in [-0.3, -0.25) is 4.79 Å². The predicted molar refractivity (Wildman–Crippen MR) is 99.8 cm³/mol. The standard InChI is InChI=1S/C21H21N3O/c1-16-8-6-7-9-17(16)12-13-19(25)23-20(18-10-4-3-5-11-18)21-22-14-15-24(21)2/h3-15,20H,1-2H3,(H,23,25). The number of carbonyl (C=O) groups is 1. The van der Waals surface area contributed by atoms with Gasteiger partial charge in [-0.25, -0.2) is 4.98 Å². The second-order valence-electron chi connectivity index (χ2n) is 5.94. The minimum Gasteiger partial charge on any atom is -0.339 e. The fourth-order valence-corrected chi connectivity index (χ4v) is 2.73. The Morgan fingerprint density at radius 3 is 2.52 bits per heavy atom. The number of imidazole rings is 1. The van der Waals surface area contributed by atoms with Crippen molar-refractivity contribution in [2.75, 3.05) is 0 Å². The average molecular weight is 331 g/mol. The normalized spacial score (nSPS) is 12.2. The first kappa shape index (κ1) is 16.7. The topological polar surface area (TPSA) is 46.9 Å². The number of hydrogen-bond acceptors (Lipinski definition) is 2. The van der Waals surface area contributed by atoms with E-state index in [2.05, 4.69) is 10.3 Å². The largest absolute Gasteiger partial charge is 0.339 e. The first-order valence-corrected chi connectivity index (χ1v) is 8.21. The van der Waals surface area contributed by atoms with Crippen LogP contribution >= 0.6 is 0 Å². The van der Waals surface area contributed by atoms with Gasteiger partial charge in [0.15, 0.2) is 0 Å². The van der Waals surface area contributed by atoms with Gasteiger partial charge in [-0.15, -0.1) is 0 Å². The molecule has 2 aromatic carbocycles. The van der Waals surface area contributed by atoms with Crippen molar-refractivity contribution in [1.82, 2.24) is 14.9 Å². The van der Waals surface area contributed by atoms with Crippen molar-refractivity contribution in [3.05, 3.63) is 95.6 Å². The molecule has 0 aliphatic heterocycles. The monoisotopic (exact) mass is 331 g/mol. The Morgan fingerprint density at radius 1 is 1.12 bits per heavy atom. The zero-order valence-electron chi connectivity index (χ0n) is 14.4. The predicted octanol–water partition coefficient (Wildman–Crippen LogP) is 3.65. The summed E-state index contributed by atoms with van der Waals surface area (Å²) in [6.45, 7) is 2.03. The van der Waals surface area contributed by atoms with Crippen molar-refractivity contribution in [2.45, 2.75) is 13.0 Å². The van der Waals surface area contributed by atoms with Crippen LogP contribution in [0, 0.1) is 6.92 Å². The van der Waals surface area contributed by atoms with Crippen LogP contribution in [-0.2, 0) is 11.8 Å². The molecule has 1 amide bonds. The number of hydrogen-bond donors (Lipinski definition) is 1. The maximum atomic E-state index is 12.5. The Labute approximate surface area is 147 Å². The highest BCUT2D eigenvalue weighted by Crippen LogP contribution is 2.20. The van der Waals surface area contributed by atoms with Gasteiger partial charge < -0.3 is 9.88 Å². The van der Waals surface area contributed by atoms with Crippen LogP contribution < -0.4 is 5.32 Å². The van der Waals surface area contributed by atoms with Crippen molar-refractivity contribution in [2.24, 2.45) is 7.05 Å². The van der Waals surface area contributed by atoms with Crippen LogP contribution in [0.15, 0.2) is 73.1 Å². The average Bonchev–Trinajstić information content (AvgIpc) is 3.05. The molecule has 1 atom stereocenters. The number of aryl methyl sites for hydroxylation is 2. The van der Waals surface area contributed by atoms with E-state index in [1.165, 1.54) is 0 Å². The molecule has 4 heteroatoms. The number of carbonyl (C=O) groups excluding carboxylic acids is 1. The molecule has 0 aliphatic carbocycles. The fraction of sp³-hybridized carbons (Fsp3) is 0.143. The number of aromatic nitrogens is 2. The summed E-state index contributed by atoms with van der Waals surface area (Å²) in [6.07, 6.45) is 7.02. The molecular weight excluding hydrogens is 310 g/mol. The van der Waals surface area contributed by atoms with Crippen molar-refractivity contribution in [1.29, 1.82) is 0 Å². The van der Waals surface area contributed by atoms with Crippen LogP contribution in [0.5, 0.6) is 0 Å². The molecule has 3 rings (SSSR count). The van der Waals surface area contributed by atoms with Gasteiger partial charge in [0.25, 0.3) is 0 Å². The Balaban J connectivity index is 1.82. The van der Waals surface area contributed by atoms with Crippen molar-refractivity contribution in [3.8, 4) is 0 Å². The molecular formula is C21H21N3O. The smallest absolute Gasteiger partial charge is 0.244 e. The molecule has 4 nitrogen and oxygen atoms in total. The van der Waals surface area contributed by atoms with Crippen LogP contribution in [0.1, 0.15) is 28.6 Å². The van der Waals surface area contributed by atoms with E-state index in [4.69, 9.17) is 0 Å². The molecule has 0 fully saturated rings. The van der Waals surface area contributed by atoms with Crippen molar-refractivity contribution in [3.63, 3.8) is 0 Å². The Hall–Kier alpha value is -3.14. The zero-order valence-corrected chi connectivity index (χ0v) is 14.4. The lowest BCUT2D eigenvalue weighted by molar-refractivity contribution is -0.117. The highest BCUT2D eigenvalue weighted by molar-refractivity contribution is 5.92. The molecule has 25 heavy (non-hydrogen) atoms. The first-order chi connectivity index (χ1) is 12.1. The van der Waals surface area contributed by atoms with E-state index < -0.39 is 0 Å². The summed E-state index contributed by atoms with van der Waals surface area (Å²) in [5, 5.41) is 3.06. The van der Waals surface area contributed by atoms with Gasteiger partial charge in [-0.1, -0.05) is 54.6 Å². The third-order valence-corrected chi connectivity index (χ3v) is 4.14. The molecule has 1 heterocycles. The van der Waals surface area contributed by atoms with Gasteiger partial charge in [0.2, 0.25) is 5.91 Å². The second-order valence-corrected chi connectivity index (χ2v) is 5.94. The van der Waals surface area contributed by atoms with Gasteiger partial charge >= 0.3 is 0 Å². The van der Waals surface area contributed by atoms with E-state index in [0.29, 0.717) is 0 Å². The lowest BCUT2D eigenvalue weighted by Gasteiger charge is -2.18. The van der Waals surface area contributed by atoms with Crippen LogP contribution in [0.4, 0.5) is 0 Å². The summed E-state index contributed by atoms with van der Waals surface area (Å²) >= 11 is 0. The third kappa shape index (κ3) is 4.04. The second kappa shape index (κ2) is 7.62. The lowest BCUT2D eigenvalue weighted by Crippen LogP contribution is -2.29. The molecule has 3 aromatic rings. The molecule has 1 aromatic heterocycles. The molecule has 0 bridgehead atoms. The van der Waals surface area contributed by atoms with Crippen molar-refractivity contribution >= 4 is 12.0 Å². The maximum absolute atomic E-state index is 12.5. The summed E-state index contributed by atoms with van der Waals surface area (Å²) in [5.41, 5.74) is 3.16. The summed E-state index contributed by atoms with van der Waals surface area (Å²) in [5.74, 6) is 0.643. The van der Waals surface area contributed by atoms with E-state index in [0.717, 1.165) is 22.5 Å². The summed E-state index contributed by atoms with van der Waals surface area (Å²) in [7, 11) is 1.92. The first-order valence-electron chi connectivity index (χ1n) is 8.21. The van der Waals surface area contributed by atoms with Gasteiger partial charge in [0.05, 0.1) is 0 Å². The minimum absolute atomic E-state index is 0.153. The molecule has 0 aliphatic rings. The molecule has 1 unspecified atom stereocenters. The minimum atomic E-state index is -0.296. The van der Waals surface area contributed by atoms with Crippen LogP contribution in [0.3, 0.4) is 0 Å². The molecule has 0 spiro atoms. The van der Waals surface area contributed by atoms with Gasteiger partial charge in [0.1, 0.15) is 11.9 Å². The molecule has 1 N–H and O–H groups in total. The van der Waals surface area contributed by atoms with E-state index in [-0.39, 0.29) is 11.9 Å². The summed E-state index contributed by atoms with van der Waals surface area (Å²) in [6, 6.07) is 17.5. The Bertz CT molecular complexity index is 881. The van der Waals surface area contributed by atoms with E-state index in [1.807, 2.05) is 85.4 Å². The van der Waals surface area contributed by atoms with E-state index in [1.54, 1.807) is 12.3 Å². The fourth-order valence-electron chi connectivity index (χ4n) is 2.73. The summed E-state index contributed by atoms with van der Waals surface area (Å²) in [4.78, 5) is 16.9. The Kier molecular flexibility index (Phi) is 5.09. The number of nitrogens with one attached hydrogen (secondary N) is 1. The van der Waals surface area contributed by atoms with Crippen LogP contribution in [0.2, 0.25) is 0 Å². The molecule has 0 saturated heterocycles. The van der Waals surface area contributed by atoms with Gasteiger partial charge in [0, 0.05) is 25.5 Å². The number of benzene rings is 2. The van der Waals surface area contributed by atoms with Gasteiger partial charge in [-0.05, 0) is 29.7 Å². The molecule has 0 saturated carbocycles. The maximum Gasteiger partial charge on any atom is 0.244 e. The van der Waals surface area contributed by atoms with E-state index in [9.17, 15) is 4.79 Å². The zero-order chi connectivity index (χ0) is 17.6. The van der Waals surface area contributed by atoms with Crippen molar-refractivity contribution < 1.29 is 4.79 Å². The number of nitrogens with zero attached hydrogens (tertiary/aromatic N) is 2. The SMILES string of the molecule is Cc1ccccc1C=CC(=O)NC(c1ccccc1)c1nccn1C.